The largest absolute Gasteiger partial charge is 0.396 e. The monoisotopic (exact) mass is 192 g/mol. The van der Waals surface area contributed by atoms with E-state index in [9.17, 15) is 0 Å². The van der Waals surface area contributed by atoms with Crippen molar-refractivity contribution in [2.24, 2.45) is 5.73 Å². The van der Waals surface area contributed by atoms with Gasteiger partial charge in [0.25, 0.3) is 0 Å². The zero-order valence-electron chi connectivity index (χ0n) is 7.68. The molecule has 2 aromatic rings. The van der Waals surface area contributed by atoms with Crippen molar-refractivity contribution in [3.63, 3.8) is 0 Å². The van der Waals surface area contributed by atoms with Gasteiger partial charge < -0.3 is 15.4 Å². The van der Waals surface area contributed by atoms with E-state index in [1.54, 1.807) is 0 Å². The molecule has 0 saturated heterocycles. The quantitative estimate of drug-likeness (QED) is 0.766. The van der Waals surface area contributed by atoms with Crippen molar-refractivity contribution in [2.75, 3.05) is 6.61 Å². The van der Waals surface area contributed by atoms with Gasteiger partial charge >= 0.3 is 0 Å². The lowest BCUT2D eigenvalue weighted by atomic mass is 10.1. The lowest BCUT2D eigenvalue weighted by molar-refractivity contribution is 0.263. The van der Waals surface area contributed by atoms with Crippen molar-refractivity contribution < 1.29 is 9.63 Å². The van der Waals surface area contributed by atoms with Gasteiger partial charge in [-0.25, -0.2) is 0 Å². The highest BCUT2D eigenvalue weighted by atomic mass is 16.5. The zero-order chi connectivity index (χ0) is 9.97. The van der Waals surface area contributed by atoms with Gasteiger partial charge in [-0.05, 0) is 18.6 Å². The van der Waals surface area contributed by atoms with E-state index in [1.165, 1.54) is 0 Å². The standard InChI is InChI=1S/C10H12N2O2/c11-8(5-6-13)10-7-3-1-2-4-9(7)12-14-10/h1-4,8,13H,5-6,11H2. The van der Waals surface area contributed by atoms with E-state index in [2.05, 4.69) is 5.16 Å². The summed E-state index contributed by atoms with van der Waals surface area (Å²) < 4.78 is 5.14. The molecule has 0 aliphatic heterocycles. The molecular formula is C10H12N2O2. The van der Waals surface area contributed by atoms with E-state index in [1.807, 2.05) is 24.3 Å². The molecule has 0 aliphatic rings. The second kappa shape index (κ2) is 3.77. The number of rotatable bonds is 3. The van der Waals surface area contributed by atoms with Crippen LogP contribution in [0.5, 0.6) is 0 Å². The van der Waals surface area contributed by atoms with Crippen LogP contribution in [0.1, 0.15) is 18.2 Å². The van der Waals surface area contributed by atoms with Crippen LogP contribution in [-0.2, 0) is 0 Å². The number of nitrogens with zero attached hydrogens (tertiary/aromatic N) is 1. The lowest BCUT2D eigenvalue weighted by Gasteiger charge is -2.04. The minimum Gasteiger partial charge on any atom is -0.396 e. The summed E-state index contributed by atoms with van der Waals surface area (Å²) in [5, 5.41) is 13.6. The Morgan fingerprint density at radius 1 is 1.43 bits per heavy atom. The molecule has 74 valence electrons. The van der Waals surface area contributed by atoms with Crippen LogP contribution in [0.4, 0.5) is 0 Å². The maximum atomic E-state index is 8.77. The second-order valence-electron chi connectivity index (χ2n) is 3.18. The Labute approximate surface area is 81.3 Å². The van der Waals surface area contributed by atoms with Crippen molar-refractivity contribution in [3.8, 4) is 0 Å². The summed E-state index contributed by atoms with van der Waals surface area (Å²) in [6.07, 6.45) is 0.485. The smallest absolute Gasteiger partial charge is 0.161 e. The SMILES string of the molecule is NC(CCO)c1onc2ccccc12. The third kappa shape index (κ3) is 1.49. The van der Waals surface area contributed by atoms with Crippen LogP contribution in [0.15, 0.2) is 28.8 Å². The fourth-order valence-electron chi connectivity index (χ4n) is 1.45. The summed E-state index contributed by atoms with van der Waals surface area (Å²) in [5.74, 6) is 0.648. The Bertz CT molecular complexity index is 425. The number of hydrogen-bond acceptors (Lipinski definition) is 4. The van der Waals surface area contributed by atoms with Gasteiger partial charge in [0.1, 0.15) is 5.52 Å². The van der Waals surface area contributed by atoms with Crippen molar-refractivity contribution in [1.82, 2.24) is 5.16 Å². The number of hydrogen-bond donors (Lipinski definition) is 2. The number of aliphatic hydroxyl groups is 1. The predicted molar refractivity (Wildman–Crippen MR) is 52.6 cm³/mol. The Kier molecular flexibility index (Phi) is 2.47. The minimum absolute atomic E-state index is 0.0518. The van der Waals surface area contributed by atoms with Gasteiger partial charge in [0.15, 0.2) is 5.76 Å². The molecule has 3 N–H and O–H groups in total. The molecule has 0 spiro atoms. The first kappa shape index (κ1) is 9.18. The summed E-state index contributed by atoms with van der Waals surface area (Å²) >= 11 is 0. The summed E-state index contributed by atoms with van der Waals surface area (Å²) in [4.78, 5) is 0. The van der Waals surface area contributed by atoms with Crippen LogP contribution < -0.4 is 5.73 Å². The average Bonchev–Trinajstić information content (AvgIpc) is 2.61. The Morgan fingerprint density at radius 2 is 2.21 bits per heavy atom. The average molecular weight is 192 g/mol. The van der Waals surface area contributed by atoms with Gasteiger partial charge in [0.05, 0.1) is 6.04 Å². The van der Waals surface area contributed by atoms with Crippen LogP contribution in [-0.4, -0.2) is 16.9 Å². The molecule has 14 heavy (non-hydrogen) atoms. The number of fused-ring (bicyclic) bond motifs is 1. The third-order valence-electron chi connectivity index (χ3n) is 2.19. The summed E-state index contributed by atoms with van der Waals surface area (Å²) in [5.41, 5.74) is 6.62. The highest BCUT2D eigenvalue weighted by molar-refractivity contribution is 5.80. The highest BCUT2D eigenvalue weighted by Crippen LogP contribution is 2.23. The van der Waals surface area contributed by atoms with Gasteiger partial charge in [-0.15, -0.1) is 0 Å². The van der Waals surface area contributed by atoms with Crippen LogP contribution >= 0.6 is 0 Å². The Morgan fingerprint density at radius 3 is 3.00 bits per heavy atom. The zero-order valence-corrected chi connectivity index (χ0v) is 7.68. The molecule has 4 heteroatoms. The van der Waals surface area contributed by atoms with Crippen molar-refractivity contribution >= 4 is 10.9 Å². The predicted octanol–water partition coefficient (Wildman–Crippen LogP) is 1.21. The van der Waals surface area contributed by atoms with Crippen LogP contribution in [0.3, 0.4) is 0 Å². The summed E-state index contributed by atoms with van der Waals surface area (Å²) in [6, 6.07) is 7.31. The number of nitrogens with two attached hydrogens (primary N) is 1. The van der Waals surface area contributed by atoms with Gasteiger partial charge in [-0.3, -0.25) is 0 Å². The molecule has 0 fully saturated rings. The van der Waals surface area contributed by atoms with Gasteiger partial charge in [0, 0.05) is 12.0 Å². The van der Waals surface area contributed by atoms with E-state index in [0.29, 0.717) is 12.2 Å². The molecule has 2 rings (SSSR count). The normalized spacial score (nSPS) is 13.3. The number of aliphatic hydroxyl groups excluding tert-OH is 1. The Hall–Kier alpha value is -1.39. The molecule has 0 radical (unpaired) electrons. The van der Waals surface area contributed by atoms with E-state index in [0.717, 1.165) is 10.9 Å². The molecular weight excluding hydrogens is 180 g/mol. The topological polar surface area (TPSA) is 72.3 Å². The molecule has 1 aromatic heterocycles. The van der Waals surface area contributed by atoms with E-state index < -0.39 is 0 Å². The van der Waals surface area contributed by atoms with E-state index in [-0.39, 0.29) is 12.6 Å². The first-order chi connectivity index (χ1) is 6.83. The minimum atomic E-state index is -0.285. The fraction of sp³-hybridized carbons (Fsp3) is 0.300. The first-order valence-corrected chi connectivity index (χ1v) is 4.53. The van der Waals surface area contributed by atoms with Gasteiger partial charge in [-0.1, -0.05) is 17.3 Å². The number of aromatic nitrogens is 1. The molecule has 0 saturated carbocycles. The second-order valence-corrected chi connectivity index (χ2v) is 3.18. The van der Waals surface area contributed by atoms with Crippen molar-refractivity contribution in [1.29, 1.82) is 0 Å². The van der Waals surface area contributed by atoms with Crippen molar-refractivity contribution in [3.05, 3.63) is 30.0 Å². The van der Waals surface area contributed by atoms with E-state index in [4.69, 9.17) is 15.4 Å². The van der Waals surface area contributed by atoms with Gasteiger partial charge in [-0.2, -0.15) is 0 Å². The first-order valence-electron chi connectivity index (χ1n) is 4.53. The van der Waals surface area contributed by atoms with Crippen LogP contribution in [0.2, 0.25) is 0 Å². The van der Waals surface area contributed by atoms with Crippen LogP contribution in [0, 0.1) is 0 Å². The number of benzene rings is 1. The molecule has 1 aromatic carbocycles. The fourth-order valence-corrected chi connectivity index (χ4v) is 1.45. The van der Waals surface area contributed by atoms with E-state index >= 15 is 0 Å². The summed E-state index contributed by atoms with van der Waals surface area (Å²) in [6.45, 7) is 0.0518. The molecule has 0 aliphatic carbocycles. The maximum absolute atomic E-state index is 8.77. The van der Waals surface area contributed by atoms with Gasteiger partial charge in [0.2, 0.25) is 0 Å². The molecule has 1 heterocycles. The van der Waals surface area contributed by atoms with Crippen molar-refractivity contribution in [2.45, 2.75) is 12.5 Å². The molecule has 1 atom stereocenters. The molecule has 1 unspecified atom stereocenters. The summed E-state index contributed by atoms with van der Waals surface area (Å²) in [7, 11) is 0. The highest BCUT2D eigenvalue weighted by Gasteiger charge is 2.14. The Balaban J connectivity index is 2.42. The molecule has 0 bridgehead atoms. The third-order valence-corrected chi connectivity index (χ3v) is 2.19. The van der Waals surface area contributed by atoms with Crippen LogP contribution in [0.25, 0.3) is 10.9 Å². The molecule has 4 nitrogen and oxygen atoms in total. The molecule has 0 amide bonds. The maximum Gasteiger partial charge on any atom is 0.161 e. The lowest BCUT2D eigenvalue weighted by Crippen LogP contribution is -2.11.